The van der Waals surface area contributed by atoms with Gasteiger partial charge in [0.2, 0.25) is 0 Å². The van der Waals surface area contributed by atoms with Gasteiger partial charge in [-0.05, 0) is 64.5 Å². The van der Waals surface area contributed by atoms with Gasteiger partial charge in [0, 0.05) is 23.2 Å². The third-order valence-electron chi connectivity index (χ3n) is 4.66. The first-order chi connectivity index (χ1) is 11.7. The summed E-state index contributed by atoms with van der Waals surface area (Å²) in [6.45, 7) is 1.17. The predicted octanol–water partition coefficient (Wildman–Crippen LogP) is 4.21. The van der Waals surface area contributed by atoms with Gasteiger partial charge >= 0.3 is 0 Å². The van der Waals surface area contributed by atoms with Crippen LogP contribution in [0.15, 0.2) is 40.9 Å². The molecule has 0 saturated heterocycles. The monoisotopic (exact) mass is 384 g/mol. The van der Waals surface area contributed by atoms with Crippen molar-refractivity contribution in [1.82, 2.24) is 0 Å². The van der Waals surface area contributed by atoms with Crippen molar-refractivity contribution in [3.8, 4) is 0 Å². The Kier molecular flexibility index (Phi) is 3.88. The zero-order chi connectivity index (χ0) is 16.7. The summed E-state index contributed by atoms with van der Waals surface area (Å²) < 4.78 is 0.698. The number of carbonyl (C=O) groups excluding carboxylic acids is 2. The van der Waals surface area contributed by atoms with E-state index in [0.717, 1.165) is 12.0 Å². The van der Waals surface area contributed by atoms with Crippen LogP contribution in [-0.4, -0.2) is 25.3 Å². The Balaban J connectivity index is 1.75. The average Bonchev–Trinajstić information content (AvgIpc) is 3.43. The topological polar surface area (TPSA) is 49.4 Å². The molecule has 1 amide bonds. The van der Waals surface area contributed by atoms with Crippen molar-refractivity contribution in [1.29, 1.82) is 0 Å². The average molecular weight is 385 g/mol. The van der Waals surface area contributed by atoms with E-state index in [4.69, 9.17) is 0 Å². The Hall–Kier alpha value is -2.14. The second kappa shape index (κ2) is 6.06. The number of fused-ring (bicyclic) bond motifs is 1. The van der Waals surface area contributed by atoms with E-state index in [9.17, 15) is 9.59 Å². The highest BCUT2D eigenvalue weighted by Gasteiger charge is 2.28. The number of rotatable bonds is 3. The first-order valence-electron chi connectivity index (χ1n) is 8.12. The fourth-order valence-electron chi connectivity index (χ4n) is 3.22. The molecule has 0 aromatic heterocycles. The Morgan fingerprint density at radius 1 is 1.21 bits per heavy atom. The fraction of sp³-hybridized carbons (Fsp3) is 0.263. The normalized spacial score (nSPS) is 17.0. The van der Waals surface area contributed by atoms with E-state index < -0.39 is 0 Å². The van der Waals surface area contributed by atoms with E-state index in [1.807, 2.05) is 24.3 Å². The molecule has 0 bridgehead atoms. The van der Waals surface area contributed by atoms with Crippen LogP contribution in [0, 0.1) is 0 Å². The number of hydrogen-bond acceptors (Lipinski definition) is 3. The lowest BCUT2D eigenvalue weighted by molar-refractivity contribution is 0.0990. The molecule has 1 aliphatic carbocycles. The number of benzene rings is 2. The molecule has 0 radical (unpaired) electrons. The van der Waals surface area contributed by atoms with Gasteiger partial charge in [-0.1, -0.05) is 12.1 Å². The molecule has 1 aliphatic heterocycles. The molecular weight excluding hydrogens is 368 g/mol. The molecule has 2 aromatic rings. The second-order valence-corrected chi connectivity index (χ2v) is 7.11. The van der Waals surface area contributed by atoms with Crippen LogP contribution in [0.4, 0.5) is 11.4 Å². The SMILES string of the molecule is O=Cc1c(Br)cccc1N1CCNc2cc(C3CC3)ccc2C1=O. The number of carbonyl (C=O) groups is 2. The van der Waals surface area contributed by atoms with Crippen LogP contribution < -0.4 is 10.2 Å². The van der Waals surface area contributed by atoms with Gasteiger partial charge in [0.25, 0.3) is 5.91 Å². The van der Waals surface area contributed by atoms with E-state index in [1.54, 1.807) is 4.90 Å². The summed E-state index contributed by atoms with van der Waals surface area (Å²) in [6, 6.07) is 11.5. The zero-order valence-electron chi connectivity index (χ0n) is 13.1. The highest BCUT2D eigenvalue weighted by molar-refractivity contribution is 9.10. The molecule has 4 nitrogen and oxygen atoms in total. The molecule has 1 N–H and O–H groups in total. The summed E-state index contributed by atoms with van der Waals surface area (Å²) in [4.78, 5) is 26.2. The maximum absolute atomic E-state index is 13.1. The van der Waals surface area contributed by atoms with Crippen LogP contribution in [0.2, 0.25) is 0 Å². The van der Waals surface area contributed by atoms with Gasteiger partial charge in [-0.15, -0.1) is 0 Å². The Labute approximate surface area is 149 Å². The van der Waals surface area contributed by atoms with Gasteiger partial charge in [0.1, 0.15) is 0 Å². The van der Waals surface area contributed by atoms with Crippen LogP contribution in [-0.2, 0) is 0 Å². The molecule has 0 spiro atoms. The Morgan fingerprint density at radius 2 is 2.04 bits per heavy atom. The number of nitrogens with zero attached hydrogens (tertiary/aromatic N) is 1. The van der Waals surface area contributed by atoms with Gasteiger partial charge in [0.15, 0.2) is 6.29 Å². The van der Waals surface area contributed by atoms with Crippen LogP contribution in [0.25, 0.3) is 0 Å². The molecule has 1 saturated carbocycles. The van der Waals surface area contributed by atoms with Crippen LogP contribution in [0.3, 0.4) is 0 Å². The van der Waals surface area contributed by atoms with Crippen molar-refractivity contribution in [3.05, 3.63) is 57.6 Å². The minimum atomic E-state index is -0.0708. The minimum Gasteiger partial charge on any atom is -0.383 e. The van der Waals surface area contributed by atoms with Gasteiger partial charge in [-0.3, -0.25) is 9.59 Å². The van der Waals surface area contributed by atoms with Gasteiger partial charge < -0.3 is 10.2 Å². The van der Waals surface area contributed by atoms with Crippen molar-refractivity contribution in [2.75, 3.05) is 23.3 Å². The summed E-state index contributed by atoms with van der Waals surface area (Å²) >= 11 is 3.39. The van der Waals surface area contributed by atoms with Gasteiger partial charge in [-0.25, -0.2) is 0 Å². The Bertz CT molecular complexity index is 830. The third kappa shape index (κ3) is 2.63. The second-order valence-electron chi connectivity index (χ2n) is 6.25. The van der Waals surface area contributed by atoms with E-state index >= 15 is 0 Å². The number of amides is 1. The molecule has 2 aromatic carbocycles. The van der Waals surface area contributed by atoms with Crippen molar-refractivity contribution >= 4 is 39.5 Å². The maximum atomic E-state index is 13.1. The predicted molar refractivity (Wildman–Crippen MR) is 98.1 cm³/mol. The quantitative estimate of drug-likeness (QED) is 0.806. The van der Waals surface area contributed by atoms with E-state index in [0.29, 0.717) is 40.3 Å². The third-order valence-corrected chi connectivity index (χ3v) is 5.35. The lowest BCUT2D eigenvalue weighted by Crippen LogP contribution is -2.33. The molecule has 2 aliphatic rings. The molecule has 0 unspecified atom stereocenters. The minimum absolute atomic E-state index is 0.0708. The van der Waals surface area contributed by atoms with Crippen LogP contribution in [0.1, 0.15) is 45.0 Å². The number of hydrogen-bond donors (Lipinski definition) is 1. The number of nitrogens with one attached hydrogen (secondary N) is 1. The maximum Gasteiger partial charge on any atom is 0.260 e. The molecular formula is C19H17BrN2O2. The van der Waals surface area contributed by atoms with E-state index in [1.165, 1.54) is 18.4 Å². The molecule has 24 heavy (non-hydrogen) atoms. The number of aldehydes is 1. The highest BCUT2D eigenvalue weighted by Crippen LogP contribution is 2.41. The molecule has 1 heterocycles. The fourth-order valence-corrected chi connectivity index (χ4v) is 3.67. The standard InChI is InChI=1S/C19H17BrN2O2/c20-16-2-1-3-18(15(16)11-23)22-9-8-21-17-10-13(12-4-5-12)6-7-14(17)19(22)24/h1-3,6-7,10-12,21H,4-5,8-9H2. The summed E-state index contributed by atoms with van der Waals surface area (Å²) in [5, 5.41) is 3.37. The van der Waals surface area contributed by atoms with Crippen molar-refractivity contribution in [2.24, 2.45) is 0 Å². The summed E-state index contributed by atoms with van der Waals surface area (Å²) in [5.74, 6) is 0.580. The molecule has 5 heteroatoms. The van der Waals surface area contributed by atoms with Gasteiger partial charge in [-0.2, -0.15) is 0 Å². The highest BCUT2D eigenvalue weighted by atomic mass is 79.9. The molecule has 0 atom stereocenters. The summed E-state index contributed by atoms with van der Waals surface area (Å²) in [5.41, 5.74) is 4.01. The number of anilines is 2. The van der Waals surface area contributed by atoms with Crippen molar-refractivity contribution < 1.29 is 9.59 Å². The lowest BCUT2D eigenvalue weighted by atomic mass is 10.0. The summed E-state index contributed by atoms with van der Waals surface area (Å²) in [7, 11) is 0. The van der Waals surface area contributed by atoms with Crippen molar-refractivity contribution in [2.45, 2.75) is 18.8 Å². The smallest absolute Gasteiger partial charge is 0.260 e. The van der Waals surface area contributed by atoms with Crippen LogP contribution in [0.5, 0.6) is 0 Å². The zero-order valence-corrected chi connectivity index (χ0v) is 14.7. The number of halogens is 1. The molecule has 4 rings (SSSR count). The van der Waals surface area contributed by atoms with Crippen LogP contribution >= 0.6 is 15.9 Å². The Morgan fingerprint density at radius 3 is 2.79 bits per heavy atom. The molecule has 1 fully saturated rings. The van der Waals surface area contributed by atoms with E-state index in [-0.39, 0.29) is 5.91 Å². The van der Waals surface area contributed by atoms with E-state index in [2.05, 4.69) is 33.4 Å². The van der Waals surface area contributed by atoms with Gasteiger partial charge in [0.05, 0.1) is 16.8 Å². The van der Waals surface area contributed by atoms with Crippen molar-refractivity contribution in [3.63, 3.8) is 0 Å². The summed E-state index contributed by atoms with van der Waals surface area (Å²) in [6.07, 6.45) is 3.27. The lowest BCUT2D eigenvalue weighted by Gasteiger charge is -2.22. The first kappa shape index (κ1) is 15.4. The largest absolute Gasteiger partial charge is 0.383 e. The molecule has 122 valence electrons. The first-order valence-corrected chi connectivity index (χ1v) is 8.91.